The molecule has 0 fully saturated rings. The van der Waals surface area contributed by atoms with E-state index in [0.29, 0.717) is 6.54 Å². The molecule has 0 saturated heterocycles. The molecule has 0 bridgehead atoms. The van der Waals surface area contributed by atoms with Gasteiger partial charge in [-0.1, -0.05) is 43.0 Å². The Kier molecular flexibility index (Phi) is 3.73. The summed E-state index contributed by atoms with van der Waals surface area (Å²) in [5, 5.41) is 5.38. The van der Waals surface area contributed by atoms with Crippen molar-refractivity contribution >= 4 is 27.7 Å². The number of hydrogen-bond donors (Lipinski definition) is 1. The van der Waals surface area contributed by atoms with Crippen molar-refractivity contribution in [3.05, 3.63) is 61.2 Å². The molecule has 1 aromatic heterocycles. The zero-order valence-electron chi connectivity index (χ0n) is 11.9. The van der Waals surface area contributed by atoms with E-state index in [1.807, 2.05) is 0 Å². The molecule has 1 amide bonds. The van der Waals surface area contributed by atoms with Crippen LogP contribution in [0.4, 0.5) is 0 Å². The van der Waals surface area contributed by atoms with E-state index in [2.05, 4.69) is 65.0 Å². The third-order valence-electron chi connectivity index (χ3n) is 3.72. The number of rotatable bonds is 5. The van der Waals surface area contributed by atoms with Crippen LogP contribution in [0, 0.1) is 0 Å². The molecule has 2 aromatic carbocycles. The van der Waals surface area contributed by atoms with Crippen LogP contribution in [-0.2, 0) is 11.3 Å². The second-order valence-corrected chi connectivity index (χ2v) is 5.03. The van der Waals surface area contributed by atoms with Gasteiger partial charge in [0.25, 0.3) is 0 Å². The van der Waals surface area contributed by atoms with Crippen molar-refractivity contribution in [3.63, 3.8) is 0 Å². The molecule has 1 heterocycles. The third kappa shape index (κ3) is 2.55. The van der Waals surface area contributed by atoms with E-state index in [9.17, 15) is 4.79 Å². The van der Waals surface area contributed by atoms with Crippen molar-refractivity contribution in [1.82, 2.24) is 9.88 Å². The van der Waals surface area contributed by atoms with Gasteiger partial charge in [-0.05, 0) is 24.6 Å². The number of benzene rings is 2. The van der Waals surface area contributed by atoms with Gasteiger partial charge in [0.1, 0.15) is 0 Å². The first kappa shape index (κ1) is 13.4. The quantitative estimate of drug-likeness (QED) is 0.562. The maximum absolute atomic E-state index is 11.2. The Morgan fingerprint density at radius 3 is 2.19 bits per heavy atom. The number of hydrogen-bond acceptors (Lipinski definition) is 1. The summed E-state index contributed by atoms with van der Waals surface area (Å²) < 4.78 is 2.32. The number of carbonyl (C=O) groups excluding carboxylic acids is 1. The summed E-state index contributed by atoms with van der Waals surface area (Å²) in [7, 11) is 0. The molecule has 0 radical (unpaired) electrons. The monoisotopic (exact) mass is 278 g/mol. The first-order chi connectivity index (χ1) is 10.3. The molecule has 0 unspecified atom stereocenters. The fourth-order valence-corrected chi connectivity index (χ4v) is 2.77. The van der Waals surface area contributed by atoms with Gasteiger partial charge in [0, 0.05) is 34.9 Å². The summed E-state index contributed by atoms with van der Waals surface area (Å²) in [6.07, 6.45) is 2.20. The van der Waals surface area contributed by atoms with Gasteiger partial charge in [-0.3, -0.25) is 4.79 Å². The van der Waals surface area contributed by atoms with Crippen LogP contribution >= 0.6 is 0 Å². The SMILES string of the molecule is C=CC(=O)NCCCn1c2ccccc2c2ccccc21. The molecule has 21 heavy (non-hydrogen) atoms. The molecule has 1 N–H and O–H groups in total. The van der Waals surface area contributed by atoms with Gasteiger partial charge in [0.2, 0.25) is 5.91 Å². The summed E-state index contributed by atoms with van der Waals surface area (Å²) in [4.78, 5) is 11.2. The second-order valence-electron chi connectivity index (χ2n) is 5.03. The largest absolute Gasteiger partial charge is 0.353 e. The smallest absolute Gasteiger partial charge is 0.243 e. The second kappa shape index (κ2) is 5.83. The van der Waals surface area contributed by atoms with Crippen LogP contribution in [0.25, 0.3) is 21.8 Å². The van der Waals surface area contributed by atoms with Crippen molar-refractivity contribution in [3.8, 4) is 0 Å². The first-order valence-electron chi connectivity index (χ1n) is 7.17. The van der Waals surface area contributed by atoms with Gasteiger partial charge >= 0.3 is 0 Å². The van der Waals surface area contributed by atoms with Crippen LogP contribution in [0.1, 0.15) is 6.42 Å². The highest BCUT2D eigenvalue weighted by molar-refractivity contribution is 6.07. The lowest BCUT2D eigenvalue weighted by Crippen LogP contribution is -2.22. The fraction of sp³-hybridized carbons (Fsp3) is 0.167. The predicted octanol–water partition coefficient (Wildman–Crippen LogP) is 3.49. The van der Waals surface area contributed by atoms with Crippen molar-refractivity contribution in [2.75, 3.05) is 6.54 Å². The minimum absolute atomic E-state index is 0.114. The van der Waals surface area contributed by atoms with E-state index in [1.165, 1.54) is 27.9 Å². The average Bonchev–Trinajstić information content (AvgIpc) is 2.86. The molecule has 106 valence electrons. The Balaban J connectivity index is 1.89. The molecule has 0 spiro atoms. The van der Waals surface area contributed by atoms with E-state index in [4.69, 9.17) is 0 Å². The summed E-state index contributed by atoms with van der Waals surface area (Å²) in [6, 6.07) is 16.9. The molecule has 0 aliphatic rings. The lowest BCUT2D eigenvalue weighted by atomic mass is 10.2. The molecule has 0 aliphatic heterocycles. The summed E-state index contributed by atoms with van der Waals surface area (Å²) in [6.45, 7) is 4.99. The number of carbonyl (C=O) groups is 1. The number of nitrogens with one attached hydrogen (secondary N) is 1. The van der Waals surface area contributed by atoms with Gasteiger partial charge in [0.15, 0.2) is 0 Å². The number of fused-ring (bicyclic) bond motifs is 3. The van der Waals surface area contributed by atoms with Crippen molar-refractivity contribution in [2.24, 2.45) is 0 Å². The van der Waals surface area contributed by atoms with E-state index in [0.717, 1.165) is 13.0 Å². The van der Waals surface area contributed by atoms with Gasteiger partial charge in [-0.2, -0.15) is 0 Å². The number of nitrogens with zero attached hydrogens (tertiary/aromatic N) is 1. The third-order valence-corrected chi connectivity index (χ3v) is 3.72. The van der Waals surface area contributed by atoms with Crippen LogP contribution < -0.4 is 5.32 Å². The van der Waals surface area contributed by atoms with Crippen LogP contribution in [0.2, 0.25) is 0 Å². The summed E-state index contributed by atoms with van der Waals surface area (Å²) in [5.74, 6) is -0.114. The molecule has 3 nitrogen and oxygen atoms in total. The molecular formula is C18H18N2O. The van der Waals surface area contributed by atoms with Crippen molar-refractivity contribution in [1.29, 1.82) is 0 Å². The number of aryl methyl sites for hydroxylation is 1. The van der Waals surface area contributed by atoms with E-state index >= 15 is 0 Å². The molecule has 0 saturated carbocycles. The first-order valence-corrected chi connectivity index (χ1v) is 7.17. The highest BCUT2D eigenvalue weighted by Gasteiger charge is 2.08. The Morgan fingerprint density at radius 2 is 1.62 bits per heavy atom. The van der Waals surface area contributed by atoms with Gasteiger partial charge in [-0.25, -0.2) is 0 Å². The molecule has 0 atom stereocenters. The standard InChI is InChI=1S/C18H18N2O/c1-2-18(21)19-12-7-13-20-16-10-5-3-8-14(16)15-9-4-6-11-17(15)20/h2-6,8-11H,1,7,12-13H2,(H,19,21). The van der Waals surface area contributed by atoms with Crippen LogP contribution in [0.5, 0.6) is 0 Å². The van der Waals surface area contributed by atoms with E-state index < -0.39 is 0 Å². The minimum Gasteiger partial charge on any atom is -0.353 e. The Labute approximate surface area is 123 Å². The Bertz CT molecular complexity index is 748. The topological polar surface area (TPSA) is 34.0 Å². The number of amides is 1. The molecule has 3 aromatic rings. The van der Waals surface area contributed by atoms with Crippen LogP contribution in [0.15, 0.2) is 61.2 Å². The maximum atomic E-state index is 11.2. The summed E-state index contributed by atoms with van der Waals surface area (Å²) >= 11 is 0. The van der Waals surface area contributed by atoms with Gasteiger partial charge in [0.05, 0.1) is 0 Å². The molecular weight excluding hydrogens is 260 g/mol. The van der Waals surface area contributed by atoms with E-state index in [-0.39, 0.29) is 5.91 Å². The summed E-state index contributed by atoms with van der Waals surface area (Å²) in [5.41, 5.74) is 2.49. The predicted molar refractivity (Wildman–Crippen MR) is 87.3 cm³/mol. The van der Waals surface area contributed by atoms with Gasteiger partial charge in [-0.15, -0.1) is 0 Å². The zero-order valence-corrected chi connectivity index (χ0v) is 11.9. The lowest BCUT2D eigenvalue weighted by molar-refractivity contribution is -0.116. The Hall–Kier alpha value is -2.55. The average molecular weight is 278 g/mol. The molecule has 3 rings (SSSR count). The van der Waals surface area contributed by atoms with Crippen molar-refractivity contribution in [2.45, 2.75) is 13.0 Å². The lowest BCUT2D eigenvalue weighted by Gasteiger charge is -2.07. The minimum atomic E-state index is -0.114. The van der Waals surface area contributed by atoms with Gasteiger partial charge < -0.3 is 9.88 Å². The zero-order chi connectivity index (χ0) is 14.7. The maximum Gasteiger partial charge on any atom is 0.243 e. The molecule has 0 aliphatic carbocycles. The highest BCUT2D eigenvalue weighted by Crippen LogP contribution is 2.28. The van der Waals surface area contributed by atoms with E-state index in [1.54, 1.807) is 0 Å². The van der Waals surface area contributed by atoms with Crippen LogP contribution in [0.3, 0.4) is 0 Å². The number of aromatic nitrogens is 1. The van der Waals surface area contributed by atoms with Crippen LogP contribution in [-0.4, -0.2) is 17.0 Å². The Morgan fingerprint density at radius 1 is 1.05 bits per heavy atom. The molecule has 3 heteroatoms. The number of para-hydroxylation sites is 2. The fourth-order valence-electron chi connectivity index (χ4n) is 2.77. The normalized spacial score (nSPS) is 10.9. The highest BCUT2D eigenvalue weighted by atomic mass is 16.1. The van der Waals surface area contributed by atoms with Crippen molar-refractivity contribution < 1.29 is 4.79 Å².